The third-order valence-electron chi connectivity index (χ3n) is 1.55. The largest absolute Gasteiger partial charge is 0.357 e. The first-order valence-electron chi connectivity index (χ1n) is 3.67. The lowest BCUT2D eigenvalue weighted by Crippen LogP contribution is -1.99. The molecule has 3 N–H and O–H groups in total. The molecule has 0 unspecified atom stereocenters. The summed E-state index contributed by atoms with van der Waals surface area (Å²) in [6.45, 7) is 0.490. The highest BCUT2D eigenvalue weighted by Gasteiger charge is 2.22. The van der Waals surface area contributed by atoms with Crippen LogP contribution in [-0.4, -0.2) is 16.2 Å². The molecule has 0 amide bonds. The van der Waals surface area contributed by atoms with E-state index in [0.717, 1.165) is 10.1 Å². The van der Waals surface area contributed by atoms with Gasteiger partial charge in [0, 0.05) is 12.6 Å². The van der Waals surface area contributed by atoms with Crippen molar-refractivity contribution in [3.63, 3.8) is 0 Å². The van der Waals surface area contributed by atoms with E-state index in [1.165, 1.54) is 12.8 Å². The highest BCUT2D eigenvalue weighted by Crippen LogP contribution is 2.26. The SMILES string of the molecule is NCc1nnc(NC2CC2)s1. The lowest BCUT2D eigenvalue weighted by atomic mass is 10.7. The maximum absolute atomic E-state index is 5.39. The summed E-state index contributed by atoms with van der Waals surface area (Å²) >= 11 is 1.54. The second kappa shape index (κ2) is 2.75. The van der Waals surface area contributed by atoms with Crippen LogP contribution in [0.4, 0.5) is 5.13 Å². The Kier molecular flexibility index (Phi) is 1.75. The lowest BCUT2D eigenvalue weighted by Gasteiger charge is -1.93. The topological polar surface area (TPSA) is 63.8 Å². The first-order valence-corrected chi connectivity index (χ1v) is 4.49. The Hall–Kier alpha value is -0.680. The van der Waals surface area contributed by atoms with E-state index in [1.807, 2.05) is 0 Å². The average Bonchev–Trinajstić information content (AvgIpc) is 2.68. The number of hydrogen-bond donors (Lipinski definition) is 2. The molecule has 0 spiro atoms. The number of nitrogens with zero attached hydrogens (tertiary/aromatic N) is 2. The number of aromatic nitrogens is 2. The zero-order chi connectivity index (χ0) is 7.68. The molecule has 11 heavy (non-hydrogen) atoms. The molecule has 1 aromatic heterocycles. The standard InChI is InChI=1S/C6H10N4S/c7-3-5-9-10-6(11-5)8-4-1-2-4/h4H,1-3,7H2,(H,8,10). The van der Waals surface area contributed by atoms with E-state index in [-0.39, 0.29) is 0 Å². The van der Waals surface area contributed by atoms with E-state index >= 15 is 0 Å². The predicted octanol–water partition coefficient (Wildman–Crippen LogP) is 0.571. The second-order valence-corrected chi connectivity index (χ2v) is 3.69. The Morgan fingerprint density at radius 2 is 2.36 bits per heavy atom. The summed E-state index contributed by atoms with van der Waals surface area (Å²) in [6.07, 6.45) is 2.52. The molecule has 0 atom stereocenters. The third kappa shape index (κ3) is 1.66. The van der Waals surface area contributed by atoms with Crippen molar-refractivity contribution < 1.29 is 0 Å². The van der Waals surface area contributed by atoms with E-state index in [0.29, 0.717) is 12.6 Å². The molecule has 1 fully saturated rings. The van der Waals surface area contributed by atoms with E-state index in [9.17, 15) is 0 Å². The van der Waals surface area contributed by atoms with Gasteiger partial charge in [-0.2, -0.15) is 0 Å². The summed E-state index contributed by atoms with van der Waals surface area (Å²) in [5, 5.41) is 12.9. The minimum Gasteiger partial charge on any atom is -0.357 e. The molecule has 0 bridgehead atoms. The fraction of sp³-hybridized carbons (Fsp3) is 0.667. The highest BCUT2D eigenvalue weighted by molar-refractivity contribution is 7.15. The van der Waals surface area contributed by atoms with Gasteiger partial charge < -0.3 is 11.1 Å². The number of nitrogens with one attached hydrogen (secondary N) is 1. The number of nitrogens with two attached hydrogens (primary N) is 1. The van der Waals surface area contributed by atoms with Gasteiger partial charge in [-0.15, -0.1) is 10.2 Å². The van der Waals surface area contributed by atoms with Crippen LogP contribution in [-0.2, 0) is 6.54 Å². The van der Waals surface area contributed by atoms with Gasteiger partial charge in [0.1, 0.15) is 5.01 Å². The van der Waals surface area contributed by atoms with Crippen LogP contribution in [0, 0.1) is 0 Å². The van der Waals surface area contributed by atoms with Gasteiger partial charge in [0.2, 0.25) is 5.13 Å². The molecule has 0 aliphatic heterocycles. The smallest absolute Gasteiger partial charge is 0.205 e. The van der Waals surface area contributed by atoms with Crippen molar-refractivity contribution in [1.29, 1.82) is 0 Å². The van der Waals surface area contributed by atoms with Crippen molar-refractivity contribution in [2.75, 3.05) is 5.32 Å². The van der Waals surface area contributed by atoms with Crippen molar-refractivity contribution in [3.05, 3.63) is 5.01 Å². The molecule has 4 nitrogen and oxygen atoms in total. The molecule has 0 saturated heterocycles. The van der Waals surface area contributed by atoms with E-state index < -0.39 is 0 Å². The van der Waals surface area contributed by atoms with Crippen LogP contribution in [0.3, 0.4) is 0 Å². The van der Waals surface area contributed by atoms with Crippen LogP contribution in [0.25, 0.3) is 0 Å². The summed E-state index contributed by atoms with van der Waals surface area (Å²) < 4.78 is 0. The molecule has 5 heteroatoms. The molecule has 1 saturated carbocycles. The van der Waals surface area contributed by atoms with Crippen molar-refractivity contribution in [2.24, 2.45) is 5.73 Å². The summed E-state index contributed by atoms with van der Waals surface area (Å²) in [6, 6.07) is 0.647. The van der Waals surface area contributed by atoms with Crippen LogP contribution in [0.1, 0.15) is 17.8 Å². The first kappa shape index (κ1) is 7.00. The van der Waals surface area contributed by atoms with Gasteiger partial charge in [-0.3, -0.25) is 0 Å². The van der Waals surface area contributed by atoms with Crippen LogP contribution in [0.2, 0.25) is 0 Å². The Morgan fingerprint density at radius 3 is 2.91 bits per heavy atom. The average molecular weight is 170 g/mol. The van der Waals surface area contributed by atoms with Gasteiger partial charge in [-0.05, 0) is 12.8 Å². The highest BCUT2D eigenvalue weighted by atomic mass is 32.1. The van der Waals surface area contributed by atoms with Crippen LogP contribution >= 0.6 is 11.3 Å². The minimum atomic E-state index is 0.490. The summed E-state index contributed by atoms with van der Waals surface area (Å²) in [4.78, 5) is 0. The van der Waals surface area contributed by atoms with Gasteiger partial charge in [0.25, 0.3) is 0 Å². The molecule has 1 aromatic rings. The molecule has 60 valence electrons. The Balaban J connectivity index is 1.99. The Bertz CT molecular complexity index is 242. The van der Waals surface area contributed by atoms with E-state index in [2.05, 4.69) is 15.5 Å². The quantitative estimate of drug-likeness (QED) is 0.696. The van der Waals surface area contributed by atoms with E-state index in [1.54, 1.807) is 11.3 Å². The second-order valence-electron chi connectivity index (χ2n) is 2.62. The van der Waals surface area contributed by atoms with Crippen LogP contribution in [0.5, 0.6) is 0 Å². The number of rotatable bonds is 3. The Morgan fingerprint density at radius 1 is 1.55 bits per heavy atom. The molecule has 0 radical (unpaired) electrons. The van der Waals surface area contributed by atoms with Crippen LogP contribution in [0.15, 0.2) is 0 Å². The van der Waals surface area contributed by atoms with Gasteiger partial charge in [-0.1, -0.05) is 11.3 Å². The number of anilines is 1. The monoisotopic (exact) mass is 170 g/mol. The fourth-order valence-electron chi connectivity index (χ4n) is 0.797. The van der Waals surface area contributed by atoms with Crippen molar-refractivity contribution >= 4 is 16.5 Å². The van der Waals surface area contributed by atoms with Gasteiger partial charge in [-0.25, -0.2) is 0 Å². The first-order chi connectivity index (χ1) is 5.38. The van der Waals surface area contributed by atoms with Crippen molar-refractivity contribution in [3.8, 4) is 0 Å². The third-order valence-corrected chi connectivity index (χ3v) is 2.42. The molecular formula is C6H10N4S. The van der Waals surface area contributed by atoms with Gasteiger partial charge in [0.05, 0.1) is 0 Å². The van der Waals surface area contributed by atoms with Crippen LogP contribution < -0.4 is 11.1 Å². The molecule has 2 rings (SSSR count). The Labute approximate surface area is 68.8 Å². The zero-order valence-electron chi connectivity index (χ0n) is 6.08. The fourth-order valence-corrected chi connectivity index (χ4v) is 1.49. The molecule has 0 aromatic carbocycles. The zero-order valence-corrected chi connectivity index (χ0v) is 6.90. The van der Waals surface area contributed by atoms with Gasteiger partial charge in [0.15, 0.2) is 0 Å². The molecule has 1 aliphatic rings. The lowest BCUT2D eigenvalue weighted by molar-refractivity contribution is 0.953. The number of hydrogen-bond acceptors (Lipinski definition) is 5. The van der Waals surface area contributed by atoms with Crippen molar-refractivity contribution in [1.82, 2.24) is 10.2 Å². The minimum absolute atomic E-state index is 0.490. The summed E-state index contributed by atoms with van der Waals surface area (Å²) in [5.41, 5.74) is 5.39. The molecular weight excluding hydrogens is 160 g/mol. The predicted molar refractivity (Wildman–Crippen MR) is 44.4 cm³/mol. The van der Waals surface area contributed by atoms with Crippen molar-refractivity contribution in [2.45, 2.75) is 25.4 Å². The maximum atomic E-state index is 5.39. The normalized spacial score (nSPS) is 16.8. The molecule has 1 heterocycles. The maximum Gasteiger partial charge on any atom is 0.205 e. The van der Waals surface area contributed by atoms with Gasteiger partial charge >= 0.3 is 0 Å². The van der Waals surface area contributed by atoms with E-state index in [4.69, 9.17) is 5.73 Å². The summed E-state index contributed by atoms with van der Waals surface area (Å²) in [7, 11) is 0. The summed E-state index contributed by atoms with van der Waals surface area (Å²) in [5.74, 6) is 0. The molecule has 1 aliphatic carbocycles.